The van der Waals surface area contributed by atoms with Gasteiger partial charge < -0.3 is 14.8 Å². The van der Waals surface area contributed by atoms with E-state index in [9.17, 15) is 0 Å². The van der Waals surface area contributed by atoms with E-state index in [0.29, 0.717) is 13.2 Å². The van der Waals surface area contributed by atoms with Gasteiger partial charge in [0.15, 0.2) is 0 Å². The zero-order chi connectivity index (χ0) is 13.8. The van der Waals surface area contributed by atoms with Gasteiger partial charge in [-0.15, -0.1) is 0 Å². The monoisotopic (exact) mass is 260 g/mol. The molecule has 0 aliphatic carbocycles. The summed E-state index contributed by atoms with van der Waals surface area (Å²) in [6.45, 7) is 7.16. The number of pyridine rings is 1. The molecular formula is C15H20N2O2. The molecule has 2 rings (SSSR count). The van der Waals surface area contributed by atoms with Gasteiger partial charge in [-0.05, 0) is 39.0 Å². The molecule has 0 atom stereocenters. The summed E-state index contributed by atoms with van der Waals surface area (Å²) in [4.78, 5) is 4.60. The Balaban J connectivity index is 2.75. The van der Waals surface area contributed by atoms with Crippen LogP contribution in [0.25, 0.3) is 10.9 Å². The lowest BCUT2D eigenvalue weighted by atomic mass is 10.1. The maximum atomic E-state index is 5.70. The highest BCUT2D eigenvalue weighted by atomic mass is 16.5. The molecule has 0 spiro atoms. The molecule has 0 unspecified atom stereocenters. The maximum absolute atomic E-state index is 5.70. The van der Waals surface area contributed by atoms with Gasteiger partial charge in [0.05, 0.1) is 18.6 Å². The minimum absolute atomic E-state index is 0.619. The molecule has 1 aromatic carbocycles. The van der Waals surface area contributed by atoms with Gasteiger partial charge in [-0.2, -0.15) is 0 Å². The second-order valence-corrected chi connectivity index (χ2v) is 4.21. The number of hydrogen-bond acceptors (Lipinski definition) is 4. The van der Waals surface area contributed by atoms with Gasteiger partial charge in [0.1, 0.15) is 17.0 Å². The van der Waals surface area contributed by atoms with Crippen molar-refractivity contribution in [3.8, 4) is 11.5 Å². The van der Waals surface area contributed by atoms with Crippen LogP contribution < -0.4 is 14.8 Å². The van der Waals surface area contributed by atoms with Crippen LogP contribution in [0, 0.1) is 6.92 Å². The standard InChI is InChI=1S/C15H20N2O2/c1-5-18-12-7-8-13(19-6-2)15-14(12)11(16-4)9-10(3)17-15/h7-9H,5-6H2,1-4H3,(H,16,17). The fraction of sp³-hybridized carbons (Fsp3) is 0.400. The summed E-state index contributed by atoms with van der Waals surface area (Å²) in [5.41, 5.74) is 2.80. The summed E-state index contributed by atoms with van der Waals surface area (Å²) in [5, 5.41) is 4.18. The Bertz CT molecular complexity index is 582. The highest BCUT2D eigenvalue weighted by molar-refractivity contribution is 5.99. The average Bonchev–Trinajstić information content (AvgIpc) is 2.41. The van der Waals surface area contributed by atoms with Crippen molar-refractivity contribution in [3.05, 3.63) is 23.9 Å². The van der Waals surface area contributed by atoms with Crippen molar-refractivity contribution in [1.82, 2.24) is 4.98 Å². The van der Waals surface area contributed by atoms with Crippen LogP contribution in [0.15, 0.2) is 18.2 Å². The predicted molar refractivity (Wildman–Crippen MR) is 78.4 cm³/mol. The fourth-order valence-electron chi connectivity index (χ4n) is 2.16. The normalized spacial score (nSPS) is 10.5. The van der Waals surface area contributed by atoms with Gasteiger partial charge >= 0.3 is 0 Å². The van der Waals surface area contributed by atoms with Crippen molar-refractivity contribution in [3.63, 3.8) is 0 Å². The van der Waals surface area contributed by atoms with Crippen LogP contribution in [0.4, 0.5) is 5.69 Å². The largest absolute Gasteiger partial charge is 0.493 e. The first-order valence-electron chi connectivity index (χ1n) is 6.59. The molecule has 1 aromatic heterocycles. The van der Waals surface area contributed by atoms with Crippen LogP contribution in [0.3, 0.4) is 0 Å². The Hall–Kier alpha value is -1.97. The van der Waals surface area contributed by atoms with E-state index in [4.69, 9.17) is 9.47 Å². The summed E-state index contributed by atoms with van der Waals surface area (Å²) in [6.07, 6.45) is 0. The number of aryl methyl sites for hydroxylation is 1. The average molecular weight is 260 g/mol. The third-order valence-electron chi connectivity index (χ3n) is 2.88. The summed E-state index contributed by atoms with van der Waals surface area (Å²) < 4.78 is 11.4. The predicted octanol–water partition coefficient (Wildman–Crippen LogP) is 3.38. The molecule has 0 aliphatic heterocycles. The lowest BCUT2D eigenvalue weighted by Gasteiger charge is -2.15. The van der Waals surface area contributed by atoms with Gasteiger partial charge in [-0.25, -0.2) is 4.98 Å². The van der Waals surface area contributed by atoms with Crippen LogP contribution in [0.2, 0.25) is 0 Å². The van der Waals surface area contributed by atoms with Crippen molar-refractivity contribution in [1.29, 1.82) is 0 Å². The number of ether oxygens (including phenoxy) is 2. The van der Waals surface area contributed by atoms with Crippen LogP contribution in [0.5, 0.6) is 11.5 Å². The second kappa shape index (κ2) is 5.78. The molecule has 19 heavy (non-hydrogen) atoms. The molecule has 4 heteroatoms. The Labute approximate surface area is 113 Å². The summed E-state index contributed by atoms with van der Waals surface area (Å²) >= 11 is 0. The molecule has 0 saturated heterocycles. The third kappa shape index (κ3) is 2.57. The van der Waals surface area contributed by atoms with Gasteiger partial charge in [0, 0.05) is 18.4 Å². The van der Waals surface area contributed by atoms with Gasteiger partial charge in [0.2, 0.25) is 0 Å². The molecule has 0 saturated carbocycles. The van der Waals surface area contributed by atoms with Crippen molar-refractivity contribution < 1.29 is 9.47 Å². The summed E-state index contributed by atoms with van der Waals surface area (Å²) in [6, 6.07) is 5.87. The Morgan fingerprint density at radius 1 is 1.11 bits per heavy atom. The van der Waals surface area contributed by atoms with Gasteiger partial charge in [-0.3, -0.25) is 0 Å². The minimum atomic E-state index is 0.619. The quantitative estimate of drug-likeness (QED) is 0.895. The molecule has 0 radical (unpaired) electrons. The van der Waals surface area contributed by atoms with Crippen molar-refractivity contribution in [2.24, 2.45) is 0 Å². The molecule has 1 N–H and O–H groups in total. The molecule has 4 nitrogen and oxygen atoms in total. The SMILES string of the molecule is CCOc1ccc(OCC)c2c(NC)cc(C)nc12. The Morgan fingerprint density at radius 2 is 1.74 bits per heavy atom. The van der Waals surface area contributed by atoms with E-state index < -0.39 is 0 Å². The molecule has 2 aromatic rings. The summed E-state index contributed by atoms with van der Waals surface area (Å²) in [7, 11) is 1.90. The molecular weight excluding hydrogens is 240 g/mol. The lowest BCUT2D eigenvalue weighted by molar-refractivity contribution is 0.336. The molecule has 0 bridgehead atoms. The van der Waals surface area contributed by atoms with E-state index in [-0.39, 0.29) is 0 Å². The first-order chi connectivity index (χ1) is 9.21. The van der Waals surface area contributed by atoms with Gasteiger partial charge in [-0.1, -0.05) is 0 Å². The van der Waals surface area contributed by atoms with Crippen molar-refractivity contribution >= 4 is 16.6 Å². The molecule has 0 fully saturated rings. The van der Waals surface area contributed by atoms with Crippen molar-refractivity contribution in [2.75, 3.05) is 25.6 Å². The molecule has 1 heterocycles. The molecule has 0 aliphatic rings. The molecule has 0 amide bonds. The third-order valence-corrected chi connectivity index (χ3v) is 2.88. The number of rotatable bonds is 5. The van der Waals surface area contributed by atoms with Crippen LogP contribution in [0.1, 0.15) is 19.5 Å². The Morgan fingerprint density at radius 3 is 2.37 bits per heavy atom. The van der Waals surface area contributed by atoms with E-state index in [1.165, 1.54) is 0 Å². The highest BCUT2D eigenvalue weighted by Gasteiger charge is 2.13. The van der Waals surface area contributed by atoms with E-state index in [2.05, 4.69) is 10.3 Å². The first kappa shape index (κ1) is 13.5. The zero-order valence-electron chi connectivity index (χ0n) is 11.9. The number of fused-ring (bicyclic) bond motifs is 1. The van der Waals surface area contributed by atoms with Crippen LogP contribution in [-0.2, 0) is 0 Å². The number of nitrogens with one attached hydrogen (secondary N) is 1. The lowest BCUT2D eigenvalue weighted by Crippen LogP contribution is -2.01. The summed E-state index contributed by atoms with van der Waals surface area (Å²) in [5.74, 6) is 1.62. The van der Waals surface area contributed by atoms with E-state index >= 15 is 0 Å². The van der Waals surface area contributed by atoms with Crippen molar-refractivity contribution in [2.45, 2.75) is 20.8 Å². The number of hydrogen-bond donors (Lipinski definition) is 1. The minimum Gasteiger partial charge on any atom is -0.493 e. The van der Waals surface area contributed by atoms with E-state index in [0.717, 1.165) is 33.8 Å². The van der Waals surface area contributed by atoms with E-state index in [1.54, 1.807) is 0 Å². The van der Waals surface area contributed by atoms with Crippen LogP contribution in [-0.4, -0.2) is 25.2 Å². The number of benzene rings is 1. The number of aromatic nitrogens is 1. The topological polar surface area (TPSA) is 43.4 Å². The molecule has 102 valence electrons. The number of anilines is 1. The van der Waals surface area contributed by atoms with Crippen LogP contribution >= 0.6 is 0 Å². The first-order valence-corrected chi connectivity index (χ1v) is 6.59. The number of nitrogens with zero attached hydrogens (tertiary/aromatic N) is 1. The second-order valence-electron chi connectivity index (χ2n) is 4.21. The van der Waals surface area contributed by atoms with Gasteiger partial charge in [0.25, 0.3) is 0 Å². The van der Waals surface area contributed by atoms with E-state index in [1.807, 2.05) is 46.0 Å². The Kier molecular flexibility index (Phi) is 4.10. The zero-order valence-corrected chi connectivity index (χ0v) is 11.9. The maximum Gasteiger partial charge on any atom is 0.145 e. The smallest absolute Gasteiger partial charge is 0.145 e. The highest BCUT2D eigenvalue weighted by Crippen LogP contribution is 2.37. The fourth-order valence-corrected chi connectivity index (χ4v) is 2.16.